The van der Waals surface area contributed by atoms with Crippen LogP contribution in [0.1, 0.15) is 65.7 Å². The van der Waals surface area contributed by atoms with Crippen molar-refractivity contribution < 1.29 is 9.53 Å². The normalized spacial score (nSPS) is 46.2. The van der Waals surface area contributed by atoms with Gasteiger partial charge in [0.25, 0.3) is 0 Å². The Morgan fingerprint density at radius 3 is 2.70 bits per heavy atom. The van der Waals surface area contributed by atoms with Gasteiger partial charge in [-0.05, 0) is 68.1 Å². The van der Waals surface area contributed by atoms with Gasteiger partial charge in [0.05, 0.1) is 12.5 Å². The van der Waals surface area contributed by atoms with Crippen molar-refractivity contribution in [1.29, 1.82) is 0 Å². The Morgan fingerprint density at radius 1 is 1.30 bits per heavy atom. The Morgan fingerprint density at radius 2 is 2.04 bits per heavy atom. The van der Waals surface area contributed by atoms with Gasteiger partial charge in [-0.15, -0.1) is 6.58 Å². The van der Waals surface area contributed by atoms with E-state index in [1.165, 1.54) is 19.3 Å². The number of fused-ring (bicyclic) bond motifs is 3. The molecule has 0 unspecified atom stereocenters. The highest BCUT2D eigenvalue weighted by Crippen LogP contribution is 2.63. The molecule has 0 aromatic rings. The predicted octanol–water partition coefficient (Wildman–Crippen LogP) is 5.29. The molecule has 0 N–H and O–H groups in total. The number of carbonyl (C=O) groups excluding carboxylic acids is 1. The minimum Gasteiger partial charge on any atom is -0.469 e. The molecule has 0 aromatic heterocycles. The molecule has 0 aliphatic heterocycles. The zero-order valence-corrected chi connectivity index (χ0v) is 15.3. The van der Waals surface area contributed by atoms with Gasteiger partial charge in [0.2, 0.25) is 0 Å². The second-order valence-electron chi connectivity index (χ2n) is 8.96. The first-order valence-corrected chi connectivity index (χ1v) is 9.20. The summed E-state index contributed by atoms with van der Waals surface area (Å²) in [6.07, 6.45) is 12.6. The zero-order chi connectivity index (χ0) is 16.9. The number of rotatable bonds is 2. The summed E-state index contributed by atoms with van der Waals surface area (Å²) in [6, 6.07) is 0. The van der Waals surface area contributed by atoms with Crippen molar-refractivity contribution in [2.75, 3.05) is 7.11 Å². The molecule has 0 saturated heterocycles. The molecule has 0 aromatic carbocycles. The van der Waals surface area contributed by atoms with Crippen molar-refractivity contribution in [3.8, 4) is 0 Å². The van der Waals surface area contributed by atoms with E-state index in [4.69, 9.17) is 4.74 Å². The zero-order valence-electron chi connectivity index (χ0n) is 15.3. The van der Waals surface area contributed by atoms with E-state index < -0.39 is 0 Å². The standard InChI is InChI=1S/C21H32O2/c1-6-19(2)13-10-16-15(14-19)8-9-17-20(16,3)11-7-12-21(17,4)18(22)23-5/h6,8,16-17H,1,7,9-14H2,2-5H3/t16-,17+,19-,20+,21-/m0/s1. The molecule has 0 bridgehead atoms. The third kappa shape index (κ3) is 2.40. The second-order valence-corrected chi connectivity index (χ2v) is 8.96. The van der Waals surface area contributed by atoms with Crippen LogP contribution in [-0.4, -0.2) is 13.1 Å². The van der Waals surface area contributed by atoms with Gasteiger partial charge in [0.1, 0.15) is 0 Å². The first-order chi connectivity index (χ1) is 10.8. The molecular formula is C21H32O2. The summed E-state index contributed by atoms with van der Waals surface area (Å²) in [5.74, 6) is 1.05. The maximum Gasteiger partial charge on any atom is 0.311 e. The van der Waals surface area contributed by atoms with Crippen LogP contribution in [0.25, 0.3) is 0 Å². The molecule has 128 valence electrons. The highest BCUT2D eigenvalue weighted by atomic mass is 16.5. The smallest absolute Gasteiger partial charge is 0.311 e. The molecule has 0 amide bonds. The third-order valence-corrected chi connectivity index (χ3v) is 7.59. The molecule has 3 aliphatic carbocycles. The molecule has 3 aliphatic rings. The van der Waals surface area contributed by atoms with Gasteiger partial charge in [-0.25, -0.2) is 0 Å². The maximum absolute atomic E-state index is 12.5. The van der Waals surface area contributed by atoms with E-state index in [-0.39, 0.29) is 22.2 Å². The fourth-order valence-corrected chi connectivity index (χ4v) is 6.09. The van der Waals surface area contributed by atoms with Gasteiger partial charge >= 0.3 is 5.97 Å². The molecule has 5 atom stereocenters. The third-order valence-electron chi connectivity index (χ3n) is 7.59. The molecule has 0 radical (unpaired) electrons. The van der Waals surface area contributed by atoms with E-state index in [9.17, 15) is 4.79 Å². The van der Waals surface area contributed by atoms with E-state index in [1.54, 1.807) is 12.7 Å². The number of methoxy groups -OCH3 is 1. The average Bonchev–Trinajstić information content (AvgIpc) is 2.53. The van der Waals surface area contributed by atoms with E-state index in [0.29, 0.717) is 11.8 Å². The largest absolute Gasteiger partial charge is 0.469 e. The molecule has 2 saturated carbocycles. The number of hydrogen-bond donors (Lipinski definition) is 0. The lowest BCUT2D eigenvalue weighted by Gasteiger charge is -2.58. The molecular weight excluding hydrogens is 284 g/mol. The number of carbonyl (C=O) groups is 1. The van der Waals surface area contributed by atoms with Gasteiger partial charge < -0.3 is 4.74 Å². The number of allylic oxidation sites excluding steroid dienone is 3. The summed E-state index contributed by atoms with van der Waals surface area (Å²) in [5.41, 5.74) is 1.81. The average molecular weight is 316 g/mol. The van der Waals surface area contributed by atoms with Crippen molar-refractivity contribution in [2.24, 2.45) is 28.1 Å². The van der Waals surface area contributed by atoms with E-state index in [0.717, 1.165) is 25.7 Å². The van der Waals surface area contributed by atoms with Gasteiger partial charge in [-0.3, -0.25) is 4.79 Å². The Kier molecular flexibility index (Phi) is 4.01. The van der Waals surface area contributed by atoms with Crippen LogP contribution >= 0.6 is 0 Å². The minimum atomic E-state index is -0.317. The summed E-state index contributed by atoms with van der Waals surface area (Å²) in [4.78, 5) is 12.5. The van der Waals surface area contributed by atoms with Crippen molar-refractivity contribution in [1.82, 2.24) is 0 Å². The molecule has 2 fully saturated rings. The number of esters is 1. The van der Waals surface area contributed by atoms with Crippen LogP contribution < -0.4 is 0 Å². The van der Waals surface area contributed by atoms with Gasteiger partial charge in [-0.2, -0.15) is 0 Å². The van der Waals surface area contributed by atoms with Crippen LogP contribution in [0.15, 0.2) is 24.3 Å². The first-order valence-electron chi connectivity index (χ1n) is 9.20. The molecule has 23 heavy (non-hydrogen) atoms. The van der Waals surface area contributed by atoms with Crippen LogP contribution in [0.5, 0.6) is 0 Å². The van der Waals surface area contributed by atoms with Crippen LogP contribution in [0.4, 0.5) is 0 Å². The van der Waals surface area contributed by atoms with Crippen molar-refractivity contribution in [2.45, 2.75) is 65.7 Å². The monoisotopic (exact) mass is 316 g/mol. The van der Waals surface area contributed by atoms with Crippen LogP contribution in [-0.2, 0) is 9.53 Å². The van der Waals surface area contributed by atoms with Gasteiger partial charge in [-0.1, -0.05) is 38.0 Å². The Balaban J connectivity index is 1.97. The van der Waals surface area contributed by atoms with Crippen molar-refractivity contribution in [3.05, 3.63) is 24.3 Å². The molecule has 0 spiro atoms. The number of hydrogen-bond acceptors (Lipinski definition) is 2. The lowest BCUT2D eigenvalue weighted by Crippen LogP contribution is -2.54. The summed E-state index contributed by atoms with van der Waals surface area (Å²) in [7, 11) is 1.54. The quantitative estimate of drug-likeness (QED) is 0.511. The van der Waals surface area contributed by atoms with Crippen LogP contribution in [0, 0.1) is 28.1 Å². The van der Waals surface area contributed by atoms with Crippen molar-refractivity contribution >= 4 is 5.97 Å². The Bertz CT molecular complexity index is 548. The second kappa shape index (κ2) is 5.50. The SMILES string of the molecule is C=C[C@@]1(C)CC[C@H]2C(=CC[C@@H]3[C@]2(C)CCC[C@]3(C)C(=O)OC)C1. The summed E-state index contributed by atoms with van der Waals surface area (Å²) >= 11 is 0. The summed E-state index contributed by atoms with van der Waals surface area (Å²) in [5, 5.41) is 0. The van der Waals surface area contributed by atoms with Gasteiger partial charge in [0, 0.05) is 0 Å². The topological polar surface area (TPSA) is 26.3 Å². The van der Waals surface area contributed by atoms with Crippen molar-refractivity contribution in [3.63, 3.8) is 0 Å². The van der Waals surface area contributed by atoms with E-state index >= 15 is 0 Å². The maximum atomic E-state index is 12.5. The predicted molar refractivity (Wildman–Crippen MR) is 93.9 cm³/mol. The molecule has 3 rings (SSSR count). The lowest BCUT2D eigenvalue weighted by molar-refractivity contribution is -0.166. The fourth-order valence-electron chi connectivity index (χ4n) is 6.09. The lowest BCUT2D eigenvalue weighted by atomic mass is 9.45. The first kappa shape index (κ1) is 16.8. The minimum absolute atomic E-state index is 0.00276. The van der Waals surface area contributed by atoms with Crippen LogP contribution in [0.3, 0.4) is 0 Å². The van der Waals surface area contributed by atoms with Gasteiger partial charge in [0.15, 0.2) is 0 Å². The Hall–Kier alpha value is -1.05. The molecule has 2 nitrogen and oxygen atoms in total. The molecule has 0 heterocycles. The van der Waals surface area contributed by atoms with E-state index in [1.807, 2.05) is 0 Å². The number of ether oxygens (including phenoxy) is 1. The summed E-state index contributed by atoms with van der Waals surface area (Å²) in [6.45, 7) is 11.0. The summed E-state index contributed by atoms with van der Waals surface area (Å²) < 4.78 is 5.20. The fraction of sp³-hybridized carbons (Fsp3) is 0.762. The highest BCUT2D eigenvalue weighted by Gasteiger charge is 2.58. The highest BCUT2D eigenvalue weighted by molar-refractivity contribution is 5.77. The Labute approximate surface area is 141 Å². The molecule has 2 heteroatoms. The van der Waals surface area contributed by atoms with E-state index in [2.05, 4.69) is 39.5 Å². The van der Waals surface area contributed by atoms with Crippen LogP contribution in [0.2, 0.25) is 0 Å².